The van der Waals surface area contributed by atoms with E-state index in [2.05, 4.69) is 15.1 Å². The molecule has 1 fully saturated rings. The molecule has 3 heterocycles. The second kappa shape index (κ2) is 10.0. The van der Waals surface area contributed by atoms with E-state index in [1.54, 1.807) is 35.1 Å². The van der Waals surface area contributed by atoms with Crippen LogP contribution in [-0.2, 0) is 14.2 Å². The zero-order chi connectivity index (χ0) is 25.2. The number of hydrogen-bond donors (Lipinski definition) is 0. The maximum Gasteiger partial charge on any atom is 0.338 e. The number of ether oxygens (including phenoxy) is 3. The molecule has 2 aromatic heterocycles. The number of carbonyl (C=O) groups is 2. The molecule has 1 aliphatic heterocycles. The molecule has 0 spiro atoms. The number of halogens is 1. The molecular formula is C26H23ClN4O5. The van der Waals surface area contributed by atoms with Gasteiger partial charge in [-0.05, 0) is 38.1 Å². The van der Waals surface area contributed by atoms with E-state index in [9.17, 15) is 9.59 Å². The Hall–Kier alpha value is -3.82. The van der Waals surface area contributed by atoms with Crippen LogP contribution in [0.4, 0.5) is 0 Å². The van der Waals surface area contributed by atoms with Crippen LogP contribution < -0.4 is 0 Å². The lowest BCUT2D eigenvalue weighted by atomic mass is 10.1. The highest BCUT2D eigenvalue weighted by Gasteiger charge is 2.41. The van der Waals surface area contributed by atoms with Crippen molar-refractivity contribution < 1.29 is 23.8 Å². The van der Waals surface area contributed by atoms with Gasteiger partial charge in [0.25, 0.3) is 0 Å². The van der Waals surface area contributed by atoms with Crippen molar-refractivity contribution in [3.63, 3.8) is 0 Å². The fourth-order valence-electron chi connectivity index (χ4n) is 3.99. The van der Waals surface area contributed by atoms with Crippen molar-refractivity contribution in [1.82, 2.24) is 19.7 Å². The molecule has 184 valence electrons. The van der Waals surface area contributed by atoms with E-state index in [4.69, 9.17) is 25.8 Å². The highest BCUT2D eigenvalue weighted by atomic mass is 35.5. The van der Waals surface area contributed by atoms with E-state index < -0.39 is 30.4 Å². The third-order valence-electron chi connectivity index (χ3n) is 6.01. The minimum Gasteiger partial charge on any atom is -0.459 e. The number of esters is 2. The molecule has 0 amide bonds. The molecule has 2 aromatic carbocycles. The third-order valence-corrected chi connectivity index (χ3v) is 6.31. The lowest BCUT2D eigenvalue weighted by Gasteiger charge is -2.19. The molecule has 9 nitrogen and oxygen atoms in total. The fraction of sp³-hybridized carbons (Fsp3) is 0.269. The van der Waals surface area contributed by atoms with Crippen molar-refractivity contribution in [2.45, 2.75) is 38.7 Å². The molecule has 0 N–H and O–H groups in total. The maximum atomic E-state index is 12.9. The minimum absolute atomic E-state index is 0.107. The van der Waals surface area contributed by atoms with Gasteiger partial charge in [0.1, 0.15) is 30.3 Å². The number of benzene rings is 2. The summed E-state index contributed by atoms with van der Waals surface area (Å²) in [5.41, 5.74) is 3.40. The summed E-state index contributed by atoms with van der Waals surface area (Å²) in [7, 11) is 0. The van der Waals surface area contributed by atoms with Crippen LogP contribution >= 0.6 is 11.6 Å². The van der Waals surface area contributed by atoms with Crippen molar-refractivity contribution in [2.24, 2.45) is 0 Å². The summed E-state index contributed by atoms with van der Waals surface area (Å²) in [6.45, 7) is 3.77. The molecule has 1 saturated heterocycles. The first-order valence-electron chi connectivity index (χ1n) is 11.4. The van der Waals surface area contributed by atoms with Gasteiger partial charge >= 0.3 is 11.9 Å². The van der Waals surface area contributed by atoms with Gasteiger partial charge in [-0.3, -0.25) is 0 Å². The Kier molecular flexibility index (Phi) is 6.67. The van der Waals surface area contributed by atoms with Crippen molar-refractivity contribution in [1.29, 1.82) is 0 Å². The van der Waals surface area contributed by atoms with Crippen LogP contribution in [0.3, 0.4) is 0 Å². The molecule has 3 atom stereocenters. The SMILES string of the molecule is Cc1ccc(C(=O)OCC2OC(n3ncc4c(Cl)ncnc43)CC2OC(=O)c2ccc(C)cc2)cc1. The smallest absolute Gasteiger partial charge is 0.338 e. The summed E-state index contributed by atoms with van der Waals surface area (Å²) in [5.74, 6) is -0.982. The van der Waals surface area contributed by atoms with E-state index in [1.807, 2.05) is 38.1 Å². The third kappa shape index (κ3) is 4.93. The minimum atomic E-state index is -0.713. The number of fused-ring (bicyclic) bond motifs is 1. The van der Waals surface area contributed by atoms with Crippen molar-refractivity contribution in [3.8, 4) is 0 Å². The quantitative estimate of drug-likeness (QED) is 0.278. The van der Waals surface area contributed by atoms with Crippen LogP contribution in [0.25, 0.3) is 11.0 Å². The van der Waals surface area contributed by atoms with Crippen molar-refractivity contribution in [2.75, 3.05) is 6.61 Å². The van der Waals surface area contributed by atoms with Crippen molar-refractivity contribution >= 4 is 34.6 Å². The fourth-order valence-corrected chi connectivity index (χ4v) is 4.17. The lowest BCUT2D eigenvalue weighted by molar-refractivity contribution is -0.0590. The Balaban J connectivity index is 1.36. The van der Waals surface area contributed by atoms with E-state index in [0.29, 0.717) is 22.2 Å². The van der Waals surface area contributed by atoms with Crippen LogP contribution in [0.2, 0.25) is 5.15 Å². The van der Waals surface area contributed by atoms with Gasteiger partial charge in [-0.25, -0.2) is 24.2 Å². The van der Waals surface area contributed by atoms with Gasteiger partial charge < -0.3 is 14.2 Å². The normalized spacial score (nSPS) is 19.4. The first-order valence-corrected chi connectivity index (χ1v) is 11.8. The van der Waals surface area contributed by atoms with Crippen molar-refractivity contribution in [3.05, 3.63) is 88.5 Å². The monoisotopic (exact) mass is 506 g/mol. The van der Waals surface area contributed by atoms with Gasteiger partial charge in [0.2, 0.25) is 0 Å². The van der Waals surface area contributed by atoms with E-state index in [1.165, 1.54) is 6.33 Å². The van der Waals surface area contributed by atoms with Crippen LogP contribution in [0, 0.1) is 13.8 Å². The molecule has 4 aromatic rings. The summed E-state index contributed by atoms with van der Waals surface area (Å²) < 4.78 is 19.1. The molecule has 0 radical (unpaired) electrons. The standard InChI is InChI=1S/C26H23ClN4O5/c1-15-3-7-17(8-4-15)25(32)34-13-21-20(36-26(33)18-9-5-16(2)6-10-18)11-22(35-21)31-24-19(12-30-31)23(27)28-14-29-24/h3-10,12,14,20-22H,11,13H2,1-2H3. The number of aromatic nitrogens is 4. The first kappa shape index (κ1) is 23.9. The van der Waals surface area contributed by atoms with Gasteiger partial charge in [0.05, 0.1) is 22.7 Å². The first-order chi connectivity index (χ1) is 17.4. The molecule has 0 bridgehead atoms. The average Bonchev–Trinajstić information content (AvgIpc) is 3.48. The number of hydrogen-bond acceptors (Lipinski definition) is 8. The Morgan fingerprint density at radius 3 is 2.31 bits per heavy atom. The van der Waals surface area contributed by atoms with Crippen LogP contribution in [0.15, 0.2) is 61.1 Å². The maximum absolute atomic E-state index is 12.9. The highest BCUT2D eigenvalue weighted by molar-refractivity contribution is 6.33. The Bertz CT molecular complexity index is 1400. The van der Waals surface area contributed by atoms with Gasteiger partial charge in [0.15, 0.2) is 11.9 Å². The molecule has 36 heavy (non-hydrogen) atoms. The predicted octanol–water partition coefficient (Wildman–Crippen LogP) is 4.47. The molecular weight excluding hydrogens is 484 g/mol. The summed E-state index contributed by atoms with van der Waals surface area (Å²) in [5, 5.41) is 5.21. The van der Waals surface area contributed by atoms with Gasteiger partial charge in [-0.2, -0.15) is 5.10 Å². The molecule has 3 unspecified atom stereocenters. The molecule has 0 saturated carbocycles. The largest absolute Gasteiger partial charge is 0.459 e. The topological polar surface area (TPSA) is 105 Å². The van der Waals surface area contributed by atoms with E-state index in [0.717, 1.165) is 11.1 Å². The number of rotatable bonds is 6. The second-order valence-electron chi connectivity index (χ2n) is 8.63. The predicted molar refractivity (Wildman–Crippen MR) is 131 cm³/mol. The van der Waals surface area contributed by atoms with E-state index >= 15 is 0 Å². The summed E-state index contributed by atoms with van der Waals surface area (Å²) in [6, 6.07) is 14.2. The molecule has 1 aliphatic rings. The van der Waals surface area contributed by atoms with Gasteiger partial charge in [-0.15, -0.1) is 0 Å². The zero-order valence-corrected chi connectivity index (χ0v) is 20.4. The average molecular weight is 507 g/mol. The van der Waals surface area contributed by atoms with Gasteiger partial charge in [-0.1, -0.05) is 47.0 Å². The number of carbonyl (C=O) groups excluding carboxylic acids is 2. The number of aryl methyl sites for hydroxylation is 2. The lowest BCUT2D eigenvalue weighted by Crippen LogP contribution is -2.32. The second-order valence-corrected chi connectivity index (χ2v) is 8.99. The summed E-state index contributed by atoms with van der Waals surface area (Å²) in [4.78, 5) is 33.7. The summed E-state index contributed by atoms with van der Waals surface area (Å²) >= 11 is 6.16. The van der Waals surface area contributed by atoms with Crippen LogP contribution in [0.5, 0.6) is 0 Å². The van der Waals surface area contributed by atoms with Crippen LogP contribution in [-0.4, -0.2) is 50.5 Å². The number of nitrogens with zero attached hydrogens (tertiary/aromatic N) is 4. The Morgan fingerprint density at radius 2 is 1.64 bits per heavy atom. The highest BCUT2D eigenvalue weighted by Crippen LogP contribution is 2.34. The summed E-state index contributed by atoms with van der Waals surface area (Å²) in [6.07, 6.45) is 1.16. The molecule has 0 aliphatic carbocycles. The molecule has 5 rings (SSSR count). The Morgan fingerprint density at radius 1 is 1.00 bits per heavy atom. The van der Waals surface area contributed by atoms with Gasteiger partial charge in [0, 0.05) is 6.42 Å². The Labute approximate surface area is 212 Å². The van der Waals surface area contributed by atoms with E-state index in [-0.39, 0.29) is 18.2 Å². The zero-order valence-electron chi connectivity index (χ0n) is 19.6. The molecule has 10 heteroatoms. The van der Waals surface area contributed by atoms with Crippen LogP contribution in [0.1, 0.15) is 44.5 Å².